The standard InChI is InChI=1S/C12H21NO3.C2H6/c1-12(2,3)16-11(15)13-8-4-6-10(13)7-5-9-14;1-2/h5,7,10,14H,4,6,8-9H2,1-3H3;1-2H3/b7-5+;. The van der Waals surface area contributed by atoms with Crippen LogP contribution in [0.2, 0.25) is 0 Å². The van der Waals surface area contributed by atoms with Crippen molar-refractivity contribution in [2.45, 2.75) is 59.1 Å². The molecule has 0 bridgehead atoms. The number of carbonyl (C=O) groups is 1. The number of hydrogen-bond acceptors (Lipinski definition) is 3. The Labute approximate surface area is 111 Å². The Kier molecular flexibility index (Phi) is 7.67. The molecule has 0 aromatic heterocycles. The van der Waals surface area contributed by atoms with Gasteiger partial charge in [-0.05, 0) is 33.6 Å². The van der Waals surface area contributed by atoms with Crippen LogP contribution in [-0.2, 0) is 4.74 Å². The summed E-state index contributed by atoms with van der Waals surface area (Å²) in [5.41, 5.74) is -0.453. The van der Waals surface area contributed by atoms with Gasteiger partial charge < -0.3 is 14.7 Å². The summed E-state index contributed by atoms with van der Waals surface area (Å²) in [6.07, 6.45) is 5.21. The third-order valence-electron chi connectivity index (χ3n) is 2.39. The first kappa shape index (κ1) is 17.0. The monoisotopic (exact) mass is 257 g/mol. The summed E-state index contributed by atoms with van der Waals surface area (Å²) in [7, 11) is 0. The molecule has 1 saturated heterocycles. The minimum atomic E-state index is -0.453. The minimum absolute atomic E-state index is 0.0126. The van der Waals surface area contributed by atoms with Gasteiger partial charge in [0, 0.05) is 6.54 Å². The summed E-state index contributed by atoms with van der Waals surface area (Å²) in [6.45, 7) is 10.3. The molecule has 0 aromatic carbocycles. The van der Waals surface area contributed by atoms with E-state index in [-0.39, 0.29) is 18.7 Å². The molecule has 0 aliphatic carbocycles. The molecule has 1 N–H and O–H groups in total. The SMILES string of the molecule is CC.CC(C)(C)OC(=O)N1CCCC1/C=C/CO. The summed E-state index contributed by atoms with van der Waals surface area (Å²) in [5, 5.41) is 8.72. The van der Waals surface area contributed by atoms with Crippen LogP contribution >= 0.6 is 0 Å². The smallest absolute Gasteiger partial charge is 0.410 e. The van der Waals surface area contributed by atoms with Gasteiger partial charge in [0.1, 0.15) is 5.60 Å². The maximum Gasteiger partial charge on any atom is 0.410 e. The largest absolute Gasteiger partial charge is 0.444 e. The molecule has 1 aliphatic heterocycles. The highest BCUT2D eigenvalue weighted by Gasteiger charge is 2.30. The van der Waals surface area contributed by atoms with Crippen molar-refractivity contribution in [2.24, 2.45) is 0 Å². The molecule has 1 atom stereocenters. The Hall–Kier alpha value is -1.03. The molecule has 1 fully saturated rings. The topological polar surface area (TPSA) is 49.8 Å². The Morgan fingerprint density at radius 2 is 2.06 bits per heavy atom. The number of rotatable bonds is 2. The molecule has 1 amide bonds. The third kappa shape index (κ3) is 6.05. The molecule has 106 valence electrons. The highest BCUT2D eigenvalue weighted by atomic mass is 16.6. The zero-order chi connectivity index (χ0) is 14.2. The predicted octanol–water partition coefficient (Wildman–Crippen LogP) is 2.96. The molecule has 18 heavy (non-hydrogen) atoms. The highest BCUT2D eigenvalue weighted by molar-refractivity contribution is 5.69. The van der Waals surface area contributed by atoms with Gasteiger partial charge >= 0.3 is 6.09 Å². The maximum absolute atomic E-state index is 11.8. The summed E-state index contributed by atoms with van der Waals surface area (Å²) in [6, 6.07) is 0.0713. The first-order valence-corrected chi connectivity index (χ1v) is 6.71. The van der Waals surface area contributed by atoms with Crippen molar-refractivity contribution in [1.82, 2.24) is 4.90 Å². The summed E-state index contributed by atoms with van der Waals surface area (Å²) >= 11 is 0. The molecule has 4 nitrogen and oxygen atoms in total. The average molecular weight is 257 g/mol. The normalized spacial score (nSPS) is 19.7. The molecule has 1 aliphatic rings. The van der Waals surface area contributed by atoms with E-state index in [1.54, 1.807) is 11.0 Å². The minimum Gasteiger partial charge on any atom is -0.444 e. The molecular formula is C14H27NO3. The van der Waals surface area contributed by atoms with Gasteiger partial charge in [-0.15, -0.1) is 0 Å². The van der Waals surface area contributed by atoms with Crippen LogP contribution < -0.4 is 0 Å². The Morgan fingerprint density at radius 1 is 1.44 bits per heavy atom. The van der Waals surface area contributed by atoms with Crippen LogP contribution in [0, 0.1) is 0 Å². The van der Waals surface area contributed by atoms with Crippen molar-refractivity contribution >= 4 is 6.09 Å². The lowest BCUT2D eigenvalue weighted by molar-refractivity contribution is 0.0255. The number of likely N-dealkylation sites (tertiary alicyclic amines) is 1. The lowest BCUT2D eigenvalue weighted by Crippen LogP contribution is -2.39. The van der Waals surface area contributed by atoms with Crippen LogP contribution in [0.3, 0.4) is 0 Å². The van der Waals surface area contributed by atoms with E-state index < -0.39 is 5.60 Å². The highest BCUT2D eigenvalue weighted by Crippen LogP contribution is 2.21. The van der Waals surface area contributed by atoms with Crippen molar-refractivity contribution in [3.63, 3.8) is 0 Å². The van der Waals surface area contributed by atoms with Gasteiger partial charge in [-0.25, -0.2) is 4.79 Å². The number of aliphatic hydroxyl groups is 1. The number of carbonyl (C=O) groups excluding carboxylic acids is 1. The predicted molar refractivity (Wildman–Crippen MR) is 73.5 cm³/mol. The third-order valence-corrected chi connectivity index (χ3v) is 2.39. The number of nitrogens with zero attached hydrogens (tertiary/aromatic N) is 1. The van der Waals surface area contributed by atoms with E-state index in [0.29, 0.717) is 0 Å². The van der Waals surface area contributed by atoms with Gasteiger partial charge in [-0.3, -0.25) is 0 Å². The number of amides is 1. The van der Waals surface area contributed by atoms with E-state index in [2.05, 4.69) is 0 Å². The quantitative estimate of drug-likeness (QED) is 0.774. The lowest BCUT2D eigenvalue weighted by atomic mass is 10.2. The van der Waals surface area contributed by atoms with Crippen LogP contribution in [0.1, 0.15) is 47.5 Å². The summed E-state index contributed by atoms with van der Waals surface area (Å²) in [4.78, 5) is 13.6. The van der Waals surface area contributed by atoms with E-state index in [4.69, 9.17) is 9.84 Å². The van der Waals surface area contributed by atoms with Crippen molar-refractivity contribution in [3.05, 3.63) is 12.2 Å². The number of ether oxygens (including phenoxy) is 1. The van der Waals surface area contributed by atoms with Gasteiger partial charge in [-0.2, -0.15) is 0 Å². The molecule has 0 saturated carbocycles. The first-order chi connectivity index (χ1) is 8.44. The number of hydrogen-bond donors (Lipinski definition) is 1. The van der Waals surface area contributed by atoms with Crippen LogP contribution in [0.25, 0.3) is 0 Å². The van der Waals surface area contributed by atoms with Crippen molar-refractivity contribution in [2.75, 3.05) is 13.2 Å². The van der Waals surface area contributed by atoms with Crippen LogP contribution in [-0.4, -0.2) is 40.9 Å². The van der Waals surface area contributed by atoms with Crippen molar-refractivity contribution < 1.29 is 14.6 Å². The van der Waals surface area contributed by atoms with Gasteiger partial charge in [0.25, 0.3) is 0 Å². The average Bonchev–Trinajstić information content (AvgIpc) is 2.75. The molecule has 0 spiro atoms. The van der Waals surface area contributed by atoms with Crippen LogP contribution in [0.5, 0.6) is 0 Å². The lowest BCUT2D eigenvalue weighted by Gasteiger charge is -2.27. The second-order valence-corrected chi connectivity index (χ2v) is 4.99. The van der Waals surface area contributed by atoms with Gasteiger partial charge in [-0.1, -0.05) is 26.0 Å². The fraction of sp³-hybridized carbons (Fsp3) is 0.786. The van der Waals surface area contributed by atoms with Gasteiger partial charge in [0.15, 0.2) is 0 Å². The molecular weight excluding hydrogens is 230 g/mol. The van der Waals surface area contributed by atoms with E-state index in [9.17, 15) is 4.79 Å². The summed E-state index contributed by atoms with van der Waals surface area (Å²) < 4.78 is 5.32. The van der Waals surface area contributed by atoms with Crippen molar-refractivity contribution in [1.29, 1.82) is 0 Å². The van der Waals surface area contributed by atoms with Crippen LogP contribution in [0.15, 0.2) is 12.2 Å². The van der Waals surface area contributed by atoms with Crippen LogP contribution in [0.4, 0.5) is 4.79 Å². The molecule has 0 radical (unpaired) electrons. The fourth-order valence-corrected chi connectivity index (χ4v) is 1.76. The van der Waals surface area contributed by atoms with Gasteiger partial charge in [0.05, 0.1) is 12.6 Å². The van der Waals surface area contributed by atoms with Gasteiger partial charge in [0.2, 0.25) is 0 Å². The zero-order valence-corrected chi connectivity index (χ0v) is 12.3. The van der Waals surface area contributed by atoms with E-state index in [0.717, 1.165) is 19.4 Å². The second-order valence-electron chi connectivity index (χ2n) is 4.99. The first-order valence-electron chi connectivity index (χ1n) is 6.71. The zero-order valence-electron chi connectivity index (χ0n) is 12.3. The molecule has 0 aromatic rings. The Morgan fingerprint density at radius 3 is 2.56 bits per heavy atom. The summed E-state index contributed by atoms with van der Waals surface area (Å²) in [5.74, 6) is 0. The van der Waals surface area contributed by atoms with E-state index in [1.165, 1.54) is 0 Å². The molecule has 1 unspecified atom stereocenters. The number of aliphatic hydroxyl groups excluding tert-OH is 1. The molecule has 4 heteroatoms. The Bertz CT molecular complexity index is 269. The fourth-order valence-electron chi connectivity index (χ4n) is 1.76. The second kappa shape index (κ2) is 8.14. The van der Waals surface area contributed by atoms with Crippen molar-refractivity contribution in [3.8, 4) is 0 Å². The van der Waals surface area contributed by atoms with E-state index in [1.807, 2.05) is 40.7 Å². The van der Waals surface area contributed by atoms with E-state index >= 15 is 0 Å². The Balaban J connectivity index is 0.00000137. The maximum atomic E-state index is 11.8. The molecule has 1 rings (SSSR count). The molecule has 1 heterocycles.